The van der Waals surface area contributed by atoms with Crippen molar-refractivity contribution >= 4 is 5.69 Å². The molecule has 0 amide bonds. The highest BCUT2D eigenvalue weighted by atomic mass is 16.5. The zero-order valence-corrected chi connectivity index (χ0v) is 14.6. The van der Waals surface area contributed by atoms with Crippen LogP contribution in [0, 0.1) is 6.92 Å². The number of ether oxygens (including phenoxy) is 1. The van der Waals surface area contributed by atoms with Crippen LogP contribution in [-0.4, -0.2) is 13.1 Å². The Bertz CT molecular complexity index is 590. The Balaban J connectivity index is 2.21. The van der Waals surface area contributed by atoms with Crippen LogP contribution in [0.4, 0.5) is 5.69 Å². The van der Waals surface area contributed by atoms with E-state index in [1.807, 2.05) is 18.2 Å². The second-order valence-electron chi connectivity index (χ2n) is 5.86. The molecule has 0 spiro atoms. The van der Waals surface area contributed by atoms with Crippen molar-refractivity contribution in [1.82, 2.24) is 0 Å². The van der Waals surface area contributed by atoms with Crippen LogP contribution in [0.1, 0.15) is 44.2 Å². The lowest BCUT2D eigenvalue weighted by Crippen LogP contribution is -2.23. The third kappa shape index (κ3) is 4.51. The van der Waals surface area contributed by atoms with Gasteiger partial charge in [0.2, 0.25) is 0 Å². The van der Waals surface area contributed by atoms with Crippen molar-refractivity contribution in [3.63, 3.8) is 0 Å². The van der Waals surface area contributed by atoms with Gasteiger partial charge in [0.05, 0.1) is 0 Å². The van der Waals surface area contributed by atoms with Crippen LogP contribution >= 0.6 is 0 Å². The van der Waals surface area contributed by atoms with Crippen LogP contribution in [0.2, 0.25) is 0 Å². The van der Waals surface area contributed by atoms with E-state index in [2.05, 4.69) is 62.9 Å². The predicted octanol–water partition coefficient (Wildman–Crippen LogP) is 5.44. The largest absolute Gasteiger partial charge is 0.489 e. The number of benzene rings is 2. The zero-order valence-electron chi connectivity index (χ0n) is 14.6. The third-order valence-electron chi connectivity index (χ3n) is 4.32. The molecule has 1 unspecified atom stereocenters. The summed E-state index contributed by atoms with van der Waals surface area (Å²) in [5.41, 5.74) is 3.82. The summed E-state index contributed by atoms with van der Waals surface area (Å²) in [6.45, 7) is 13.3. The fourth-order valence-corrected chi connectivity index (χ4v) is 2.77. The topological polar surface area (TPSA) is 12.5 Å². The maximum Gasteiger partial charge on any atom is 0.120 e. The Morgan fingerprint density at radius 1 is 1.04 bits per heavy atom. The lowest BCUT2D eigenvalue weighted by atomic mass is 9.96. The molecule has 0 N–H and O–H groups in total. The Morgan fingerprint density at radius 2 is 1.74 bits per heavy atom. The SMILES string of the molecule is [CH2]CC(C)c1cc(OCc2ccccc2)ccc1N(CC)CC. The number of nitrogens with zero attached hydrogens (tertiary/aromatic N) is 1. The van der Waals surface area contributed by atoms with Gasteiger partial charge in [0.1, 0.15) is 12.4 Å². The maximum atomic E-state index is 5.99. The summed E-state index contributed by atoms with van der Waals surface area (Å²) in [6.07, 6.45) is 0.885. The summed E-state index contributed by atoms with van der Waals surface area (Å²) < 4.78 is 5.99. The van der Waals surface area contributed by atoms with Gasteiger partial charge in [-0.1, -0.05) is 44.2 Å². The van der Waals surface area contributed by atoms with Gasteiger partial charge >= 0.3 is 0 Å². The molecule has 0 fully saturated rings. The van der Waals surface area contributed by atoms with E-state index in [1.165, 1.54) is 16.8 Å². The third-order valence-corrected chi connectivity index (χ3v) is 4.32. The minimum absolute atomic E-state index is 0.422. The Kier molecular flexibility index (Phi) is 6.52. The summed E-state index contributed by atoms with van der Waals surface area (Å²) in [6, 6.07) is 16.7. The van der Waals surface area contributed by atoms with Gasteiger partial charge in [-0.15, -0.1) is 0 Å². The number of hydrogen-bond donors (Lipinski definition) is 0. The zero-order chi connectivity index (χ0) is 16.7. The monoisotopic (exact) mass is 310 g/mol. The maximum absolute atomic E-state index is 5.99. The van der Waals surface area contributed by atoms with Crippen LogP contribution in [0.25, 0.3) is 0 Å². The average Bonchev–Trinajstić information content (AvgIpc) is 2.61. The van der Waals surface area contributed by atoms with Crippen molar-refractivity contribution in [3.8, 4) is 5.75 Å². The molecule has 0 bridgehead atoms. The van der Waals surface area contributed by atoms with E-state index in [0.29, 0.717) is 12.5 Å². The van der Waals surface area contributed by atoms with Gasteiger partial charge in [-0.3, -0.25) is 0 Å². The quantitative estimate of drug-likeness (QED) is 0.643. The summed E-state index contributed by atoms with van der Waals surface area (Å²) in [7, 11) is 0. The molecule has 0 aliphatic carbocycles. The Morgan fingerprint density at radius 3 is 2.35 bits per heavy atom. The van der Waals surface area contributed by atoms with E-state index < -0.39 is 0 Å². The fourth-order valence-electron chi connectivity index (χ4n) is 2.77. The first-order valence-electron chi connectivity index (χ1n) is 8.54. The lowest BCUT2D eigenvalue weighted by molar-refractivity contribution is 0.306. The average molecular weight is 310 g/mol. The molecule has 0 aromatic heterocycles. The first kappa shape index (κ1) is 17.4. The molecule has 0 saturated carbocycles. The van der Waals surface area contributed by atoms with Gasteiger partial charge in [-0.2, -0.15) is 0 Å². The Labute approximate surface area is 141 Å². The molecule has 0 aliphatic heterocycles. The smallest absolute Gasteiger partial charge is 0.120 e. The number of anilines is 1. The van der Waals surface area contributed by atoms with Gasteiger partial charge in [0.25, 0.3) is 0 Å². The molecule has 2 aromatic rings. The molecule has 2 rings (SSSR count). The van der Waals surface area contributed by atoms with Crippen LogP contribution in [-0.2, 0) is 6.61 Å². The summed E-state index contributed by atoms with van der Waals surface area (Å²) in [4.78, 5) is 2.39. The first-order valence-corrected chi connectivity index (χ1v) is 8.54. The van der Waals surface area contributed by atoms with Crippen LogP contribution in [0.3, 0.4) is 0 Å². The van der Waals surface area contributed by atoms with E-state index in [1.54, 1.807) is 0 Å². The highest BCUT2D eigenvalue weighted by Crippen LogP contribution is 2.33. The first-order chi connectivity index (χ1) is 11.2. The predicted molar refractivity (Wildman–Crippen MR) is 99.2 cm³/mol. The van der Waals surface area contributed by atoms with E-state index in [4.69, 9.17) is 4.74 Å². The molecule has 0 heterocycles. The van der Waals surface area contributed by atoms with Crippen molar-refractivity contribution in [2.24, 2.45) is 0 Å². The molecule has 2 heteroatoms. The minimum atomic E-state index is 0.422. The van der Waals surface area contributed by atoms with Crippen LogP contribution in [0.15, 0.2) is 48.5 Å². The van der Waals surface area contributed by atoms with Crippen molar-refractivity contribution in [2.75, 3.05) is 18.0 Å². The molecular weight excluding hydrogens is 282 g/mol. The second-order valence-corrected chi connectivity index (χ2v) is 5.86. The second kappa shape index (κ2) is 8.61. The Hall–Kier alpha value is -1.96. The highest BCUT2D eigenvalue weighted by molar-refractivity contribution is 5.57. The van der Waals surface area contributed by atoms with Gasteiger partial charge in [0.15, 0.2) is 0 Å². The van der Waals surface area contributed by atoms with Crippen molar-refractivity contribution < 1.29 is 4.74 Å². The van der Waals surface area contributed by atoms with Crippen molar-refractivity contribution in [1.29, 1.82) is 0 Å². The van der Waals surface area contributed by atoms with Crippen molar-refractivity contribution in [2.45, 2.75) is 39.7 Å². The molecule has 0 saturated heterocycles. The molecule has 123 valence electrons. The molecule has 23 heavy (non-hydrogen) atoms. The normalized spacial score (nSPS) is 12.0. The molecule has 1 atom stereocenters. The van der Waals surface area contributed by atoms with Crippen LogP contribution < -0.4 is 9.64 Å². The summed E-state index contributed by atoms with van der Waals surface area (Å²) in [5, 5.41) is 0. The molecule has 1 radical (unpaired) electrons. The highest BCUT2D eigenvalue weighted by Gasteiger charge is 2.14. The van der Waals surface area contributed by atoms with E-state index in [9.17, 15) is 0 Å². The van der Waals surface area contributed by atoms with Gasteiger partial charge in [-0.25, -0.2) is 0 Å². The van der Waals surface area contributed by atoms with E-state index in [-0.39, 0.29) is 0 Å². The van der Waals surface area contributed by atoms with E-state index >= 15 is 0 Å². The fraction of sp³-hybridized carbons (Fsp3) is 0.381. The standard InChI is InChI=1S/C21H28NO/c1-5-17(4)20-15-19(13-14-21(20)22(6-2)7-3)23-16-18-11-9-8-10-12-18/h8-15,17H,1,5-7,16H2,2-4H3. The van der Waals surface area contributed by atoms with Crippen LogP contribution in [0.5, 0.6) is 5.75 Å². The molecule has 0 aliphatic rings. The lowest BCUT2D eigenvalue weighted by Gasteiger charge is -2.27. The number of rotatable bonds is 8. The van der Waals surface area contributed by atoms with Gasteiger partial charge < -0.3 is 9.64 Å². The van der Waals surface area contributed by atoms with E-state index in [0.717, 1.165) is 25.3 Å². The minimum Gasteiger partial charge on any atom is -0.489 e. The molecule has 2 aromatic carbocycles. The van der Waals surface area contributed by atoms with Gasteiger partial charge in [0, 0.05) is 18.8 Å². The van der Waals surface area contributed by atoms with Gasteiger partial charge in [-0.05, 0) is 55.5 Å². The summed E-state index contributed by atoms with van der Waals surface area (Å²) >= 11 is 0. The molecule has 2 nitrogen and oxygen atoms in total. The van der Waals surface area contributed by atoms with Crippen molar-refractivity contribution in [3.05, 3.63) is 66.6 Å². The summed E-state index contributed by atoms with van der Waals surface area (Å²) in [5.74, 6) is 1.35. The molecular formula is C21H28NO. The number of hydrogen-bond acceptors (Lipinski definition) is 2.